The molecule has 2 saturated carbocycles. The number of aromatic nitrogens is 6. The average Bonchev–Trinajstić information content (AvgIpc) is 3.94. The van der Waals surface area contributed by atoms with Crippen molar-refractivity contribution in [2.75, 3.05) is 33.7 Å². The highest BCUT2D eigenvalue weighted by atomic mass is 35.5. The van der Waals surface area contributed by atoms with E-state index in [1.165, 1.54) is 38.1 Å². The van der Waals surface area contributed by atoms with Crippen LogP contribution in [-0.4, -0.2) is 97.1 Å². The van der Waals surface area contributed by atoms with E-state index in [-0.39, 0.29) is 29.2 Å². The zero-order valence-corrected chi connectivity index (χ0v) is 32.0. The highest BCUT2D eigenvalue weighted by Gasteiger charge is 2.42. The maximum Gasteiger partial charge on any atom is 0.488 e. The van der Waals surface area contributed by atoms with Gasteiger partial charge in [0.1, 0.15) is 23.5 Å². The van der Waals surface area contributed by atoms with Crippen LogP contribution in [0, 0.1) is 0 Å². The molecule has 2 atom stereocenters. The molecule has 0 aromatic carbocycles. The fourth-order valence-electron chi connectivity index (χ4n) is 7.92. The zero-order valence-electron chi connectivity index (χ0n) is 31.3. The lowest BCUT2D eigenvalue weighted by Gasteiger charge is -2.43. The first-order valence-corrected chi connectivity index (χ1v) is 19.2. The Morgan fingerprint density at radius 1 is 0.704 bits per heavy atom. The summed E-state index contributed by atoms with van der Waals surface area (Å²) in [6, 6.07) is 7.42. The van der Waals surface area contributed by atoms with Crippen molar-refractivity contribution >= 4 is 59.0 Å². The van der Waals surface area contributed by atoms with E-state index in [0.29, 0.717) is 23.4 Å². The first-order valence-electron chi connectivity index (χ1n) is 18.8. The second-order valence-electron chi connectivity index (χ2n) is 14.0. The van der Waals surface area contributed by atoms with Gasteiger partial charge in [-0.05, 0) is 79.9 Å². The zero-order chi connectivity index (χ0) is 38.4. The van der Waals surface area contributed by atoms with Crippen LogP contribution in [-0.2, 0) is 9.59 Å². The number of anilines is 4. The summed E-state index contributed by atoms with van der Waals surface area (Å²) in [7, 11) is 2.23. The molecule has 0 spiro atoms. The summed E-state index contributed by atoms with van der Waals surface area (Å²) < 4.78 is 0. The number of rotatable bonds is 6. The molecule has 4 aromatic heterocycles. The van der Waals surface area contributed by atoms with Crippen molar-refractivity contribution in [2.24, 2.45) is 0 Å². The fraction of sp³-hybridized carbons (Fsp3) is 0.474. The maximum atomic E-state index is 12.9. The van der Waals surface area contributed by atoms with E-state index in [0.717, 1.165) is 67.1 Å². The third kappa shape index (κ3) is 8.18. The van der Waals surface area contributed by atoms with Crippen molar-refractivity contribution in [3.05, 3.63) is 66.7 Å². The van der Waals surface area contributed by atoms with Crippen molar-refractivity contribution in [1.29, 1.82) is 0 Å². The first kappa shape index (κ1) is 39.0. The quantitative estimate of drug-likeness (QED) is 0.211. The SMILES string of the molecule is CC[C@@H]1C(=O)N(C)c2cnc(-c3ccncc3)nc2N1C1CCCC1.CC[C@@H]1C(=O)N(C)c2cnc(Cl)nc2N1C1CCCC1.OB(O)c1ccncc1. The Labute approximate surface area is 321 Å². The maximum absolute atomic E-state index is 12.9. The van der Waals surface area contributed by atoms with Crippen LogP contribution in [0.25, 0.3) is 11.4 Å². The molecule has 16 heteroatoms. The predicted octanol–water partition coefficient (Wildman–Crippen LogP) is 4.44. The van der Waals surface area contributed by atoms with Gasteiger partial charge >= 0.3 is 7.12 Å². The number of fused-ring (bicyclic) bond motifs is 2. The van der Waals surface area contributed by atoms with Gasteiger partial charge in [0.05, 0.1) is 12.4 Å². The molecule has 2 aliphatic heterocycles. The normalized spacial score (nSPS) is 19.8. The molecule has 0 unspecified atom stereocenters. The largest absolute Gasteiger partial charge is 0.488 e. The summed E-state index contributed by atoms with van der Waals surface area (Å²) in [6.45, 7) is 4.13. The van der Waals surface area contributed by atoms with Crippen LogP contribution in [0.15, 0.2) is 61.4 Å². The van der Waals surface area contributed by atoms with E-state index in [9.17, 15) is 9.59 Å². The van der Waals surface area contributed by atoms with E-state index < -0.39 is 7.12 Å². The lowest BCUT2D eigenvalue weighted by molar-refractivity contribution is -0.120. The molecule has 2 N–H and O–H groups in total. The molecular formula is C38H48BClN10O4. The number of halogens is 1. The number of carbonyl (C=O) groups is 2. The molecule has 4 aliphatic rings. The van der Waals surface area contributed by atoms with Crippen molar-refractivity contribution < 1.29 is 19.6 Å². The summed E-state index contributed by atoms with van der Waals surface area (Å²) in [5, 5.41) is 17.3. The Kier molecular flexibility index (Phi) is 12.7. The molecule has 0 radical (unpaired) electrons. The van der Waals surface area contributed by atoms with Gasteiger partial charge in [0, 0.05) is 56.5 Å². The van der Waals surface area contributed by atoms with Crippen LogP contribution in [0.4, 0.5) is 23.0 Å². The van der Waals surface area contributed by atoms with E-state index >= 15 is 0 Å². The highest BCUT2D eigenvalue weighted by Crippen LogP contribution is 2.41. The van der Waals surface area contributed by atoms with Gasteiger partial charge in [0.2, 0.25) is 17.1 Å². The van der Waals surface area contributed by atoms with Crippen LogP contribution in [0.1, 0.15) is 78.1 Å². The Morgan fingerprint density at radius 2 is 1.15 bits per heavy atom. The van der Waals surface area contributed by atoms with E-state index in [2.05, 4.69) is 41.6 Å². The molecule has 6 heterocycles. The molecule has 8 rings (SSSR count). The third-order valence-corrected chi connectivity index (χ3v) is 10.9. The lowest BCUT2D eigenvalue weighted by atomic mass is 9.81. The minimum absolute atomic E-state index is 0.123. The number of carbonyl (C=O) groups excluding carboxylic acids is 2. The summed E-state index contributed by atoms with van der Waals surface area (Å²) in [5.41, 5.74) is 2.97. The molecule has 2 aliphatic carbocycles. The van der Waals surface area contributed by atoms with Crippen LogP contribution < -0.4 is 25.1 Å². The van der Waals surface area contributed by atoms with Gasteiger partial charge in [-0.3, -0.25) is 19.6 Å². The molecule has 284 valence electrons. The minimum atomic E-state index is -1.38. The van der Waals surface area contributed by atoms with Gasteiger partial charge in [-0.25, -0.2) is 15.0 Å². The Bertz CT molecular complexity index is 1880. The number of hydrogen-bond donors (Lipinski definition) is 2. The second-order valence-corrected chi connectivity index (χ2v) is 14.3. The monoisotopic (exact) mass is 754 g/mol. The molecule has 4 aromatic rings. The van der Waals surface area contributed by atoms with Crippen LogP contribution in [0.3, 0.4) is 0 Å². The fourth-order valence-corrected chi connectivity index (χ4v) is 8.05. The smallest absolute Gasteiger partial charge is 0.423 e. The summed E-state index contributed by atoms with van der Waals surface area (Å²) in [5.74, 6) is 2.65. The van der Waals surface area contributed by atoms with Gasteiger partial charge in [0.15, 0.2) is 17.5 Å². The van der Waals surface area contributed by atoms with Crippen molar-refractivity contribution in [3.63, 3.8) is 0 Å². The van der Waals surface area contributed by atoms with Crippen LogP contribution >= 0.6 is 11.6 Å². The number of pyridine rings is 2. The second kappa shape index (κ2) is 17.6. The van der Waals surface area contributed by atoms with Crippen molar-refractivity contribution in [1.82, 2.24) is 29.9 Å². The topological polar surface area (TPSA) is 165 Å². The van der Waals surface area contributed by atoms with E-state index in [4.69, 9.17) is 26.6 Å². The van der Waals surface area contributed by atoms with Gasteiger partial charge in [-0.1, -0.05) is 39.5 Å². The number of hydrogen-bond acceptors (Lipinski definition) is 12. The van der Waals surface area contributed by atoms with E-state index in [1.54, 1.807) is 53.8 Å². The molecule has 0 saturated heterocycles. The minimum Gasteiger partial charge on any atom is -0.423 e. The molecule has 54 heavy (non-hydrogen) atoms. The summed E-state index contributed by atoms with van der Waals surface area (Å²) in [4.78, 5) is 58.9. The molecular weight excluding hydrogens is 707 g/mol. The molecule has 2 fully saturated rings. The lowest BCUT2D eigenvalue weighted by Crippen LogP contribution is -2.55. The van der Waals surface area contributed by atoms with Crippen molar-refractivity contribution in [3.8, 4) is 11.4 Å². The third-order valence-electron chi connectivity index (χ3n) is 10.7. The standard InChI is InChI=1S/C19H23N5O.C14H19ClN4O.C5H6BNO2/c1-3-15-19(25)23(2)16-12-21-17(13-8-10-20-11-9-13)22-18(16)24(15)14-6-4-5-7-14;1-3-10-13(20)18(2)11-8-16-14(15)17-12(11)19(10)9-6-4-5-7-9;8-6(9)5-1-3-7-4-2-5/h8-12,14-15H,3-7H2,1-2H3;8-10H,3-7H2,1-2H3;1-4,8-9H/t15-;10-;/m11./s1. The number of amides is 2. The predicted molar refractivity (Wildman–Crippen MR) is 211 cm³/mol. The van der Waals surface area contributed by atoms with Gasteiger partial charge < -0.3 is 29.6 Å². The van der Waals surface area contributed by atoms with Gasteiger partial charge in [-0.2, -0.15) is 4.98 Å². The number of likely N-dealkylation sites (N-methyl/N-ethyl adjacent to an activating group) is 2. The van der Waals surface area contributed by atoms with Gasteiger partial charge in [-0.15, -0.1) is 0 Å². The molecule has 14 nitrogen and oxygen atoms in total. The number of nitrogens with zero attached hydrogens (tertiary/aromatic N) is 10. The Balaban J connectivity index is 0.000000153. The highest BCUT2D eigenvalue weighted by molar-refractivity contribution is 6.58. The Hall–Kier alpha value is -4.73. The Morgan fingerprint density at radius 3 is 1.59 bits per heavy atom. The molecule has 0 bridgehead atoms. The van der Waals surface area contributed by atoms with Crippen LogP contribution in [0.2, 0.25) is 5.28 Å². The van der Waals surface area contributed by atoms with E-state index in [1.807, 2.05) is 26.1 Å². The first-order chi connectivity index (χ1) is 26.1. The van der Waals surface area contributed by atoms with Crippen molar-refractivity contribution in [2.45, 2.75) is 102 Å². The molecule has 2 amide bonds. The van der Waals surface area contributed by atoms with Crippen LogP contribution in [0.5, 0.6) is 0 Å². The summed E-state index contributed by atoms with van der Waals surface area (Å²) >= 11 is 5.97. The van der Waals surface area contributed by atoms with Gasteiger partial charge in [0.25, 0.3) is 0 Å². The summed E-state index contributed by atoms with van der Waals surface area (Å²) in [6.07, 6.45) is 20.9. The average molecular weight is 755 g/mol.